The van der Waals surface area contributed by atoms with E-state index in [1.807, 2.05) is 0 Å². The minimum Gasteiger partial charge on any atom is -0.309 e. The Morgan fingerprint density at radius 2 is 1.65 bits per heavy atom. The van der Waals surface area contributed by atoms with Crippen molar-refractivity contribution in [2.24, 2.45) is 5.92 Å². The van der Waals surface area contributed by atoms with Crippen LogP contribution in [0, 0.1) is 5.92 Å². The summed E-state index contributed by atoms with van der Waals surface area (Å²) in [5.74, 6) is 0.975. The molecule has 0 amide bonds. The lowest BCUT2D eigenvalue weighted by molar-refractivity contribution is 0.194. The van der Waals surface area contributed by atoms with Crippen LogP contribution in [0.15, 0.2) is 0 Å². The molecule has 1 fully saturated rings. The third kappa shape index (κ3) is 7.02. The summed E-state index contributed by atoms with van der Waals surface area (Å²) in [6.07, 6.45) is 5.49. The maximum Gasteiger partial charge on any atom is -0.000960 e. The zero-order chi connectivity index (χ0) is 12.7. The Labute approximate surface area is 108 Å². The molecule has 1 aliphatic heterocycles. The Morgan fingerprint density at radius 1 is 1.00 bits per heavy atom. The molecular weight excluding hydrogens is 210 g/mol. The van der Waals surface area contributed by atoms with Crippen molar-refractivity contribution in [3.63, 3.8) is 0 Å². The summed E-state index contributed by atoms with van der Waals surface area (Å²) in [4.78, 5) is 7.23. The van der Waals surface area contributed by atoms with Crippen molar-refractivity contribution in [1.29, 1.82) is 0 Å². The van der Waals surface area contributed by atoms with Gasteiger partial charge in [0.25, 0.3) is 0 Å². The van der Waals surface area contributed by atoms with E-state index in [0.29, 0.717) is 0 Å². The Bertz CT molecular complexity index is 186. The fraction of sp³-hybridized carbons (Fsp3) is 1.00. The predicted molar refractivity (Wildman–Crippen MR) is 75.5 cm³/mol. The lowest BCUT2D eigenvalue weighted by Gasteiger charge is -2.30. The molecule has 1 aliphatic rings. The molecule has 0 saturated carbocycles. The third-order valence-electron chi connectivity index (χ3n) is 3.90. The van der Waals surface area contributed by atoms with E-state index in [0.717, 1.165) is 5.92 Å². The molecule has 3 heteroatoms. The SMILES string of the molecule is CN(C)CCCN(C)CCC1CCN(C)CC1. The Hall–Kier alpha value is -0.120. The molecule has 0 spiro atoms. The normalized spacial score (nSPS) is 19.4. The number of hydrogen-bond donors (Lipinski definition) is 0. The lowest BCUT2D eigenvalue weighted by atomic mass is 9.94. The molecule has 1 heterocycles. The number of hydrogen-bond acceptors (Lipinski definition) is 3. The van der Waals surface area contributed by atoms with Crippen LogP contribution in [0.2, 0.25) is 0 Å². The van der Waals surface area contributed by atoms with Crippen LogP contribution in [0.25, 0.3) is 0 Å². The number of rotatable bonds is 7. The second-order valence-electron chi connectivity index (χ2n) is 6.00. The molecule has 1 saturated heterocycles. The summed E-state index contributed by atoms with van der Waals surface area (Å²) in [5.41, 5.74) is 0. The molecular formula is C14H31N3. The quantitative estimate of drug-likeness (QED) is 0.670. The number of nitrogens with zero attached hydrogens (tertiary/aromatic N) is 3. The van der Waals surface area contributed by atoms with Gasteiger partial charge in [-0.1, -0.05) is 0 Å². The van der Waals surface area contributed by atoms with Crippen molar-refractivity contribution in [2.75, 3.05) is 60.9 Å². The first-order valence-corrected chi connectivity index (χ1v) is 7.09. The van der Waals surface area contributed by atoms with Gasteiger partial charge in [-0.05, 0) is 92.5 Å². The molecule has 0 aliphatic carbocycles. The first kappa shape index (κ1) is 14.9. The van der Waals surface area contributed by atoms with Gasteiger partial charge in [0.15, 0.2) is 0 Å². The minimum absolute atomic E-state index is 0.975. The highest BCUT2D eigenvalue weighted by Gasteiger charge is 2.16. The van der Waals surface area contributed by atoms with E-state index in [4.69, 9.17) is 0 Å². The van der Waals surface area contributed by atoms with Gasteiger partial charge in [-0.3, -0.25) is 0 Å². The molecule has 0 bridgehead atoms. The van der Waals surface area contributed by atoms with Gasteiger partial charge < -0.3 is 14.7 Å². The summed E-state index contributed by atoms with van der Waals surface area (Å²) in [5, 5.41) is 0. The van der Waals surface area contributed by atoms with Crippen LogP contribution in [-0.2, 0) is 0 Å². The van der Waals surface area contributed by atoms with Gasteiger partial charge >= 0.3 is 0 Å². The van der Waals surface area contributed by atoms with E-state index in [1.54, 1.807) is 0 Å². The molecule has 3 nitrogen and oxygen atoms in total. The minimum atomic E-state index is 0.975. The fourth-order valence-electron chi connectivity index (χ4n) is 2.52. The average Bonchev–Trinajstić information content (AvgIpc) is 2.28. The van der Waals surface area contributed by atoms with Crippen LogP contribution in [0.4, 0.5) is 0 Å². The van der Waals surface area contributed by atoms with Crippen LogP contribution in [0.1, 0.15) is 25.7 Å². The van der Waals surface area contributed by atoms with Crippen molar-refractivity contribution < 1.29 is 0 Å². The van der Waals surface area contributed by atoms with E-state index in [9.17, 15) is 0 Å². The number of likely N-dealkylation sites (tertiary alicyclic amines) is 1. The van der Waals surface area contributed by atoms with Crippen molar-refractivity contribution >= 4 is 0 Å². The molecule has 0 N–H and O–H groups in total. The van der Waals surface area contributed by atoms with Crippen molar-refractivity contribution in [1.82, 2.24) is 14.7 Å². The molecule has 0 radical (unpaired) electrons. The third-order valence-corrected chi connectivity index (χ3v) is 3.90. The van der Waals surface area contributed by atoms with Gasteiger partial charge in [-0.15, -0.1) is 0 Å². The monoisotopic (exact) mass is 241 g/mol. The molecule has 17 heavy (non-hydrogen) atoms. The molecule has 0 atom stereocenters. The highest BCUT2D eigenvalue weighted by molar-refractivity contribution is 4.71. The maximum absolute atomic E-state index is 2.50. The summed E-state index contributed by atoms with van der Waals surface area (Å²) in [6.45, 7) is 6.33. The van der Waals surface area contributed by atoms with Gasteiger partial charge in [0.05, 0.1) is 0 Å². The van der Waals surface area contributed by atoms with E-state index in [2.05, 4.69) is 42.9 Å². The fourth-order valence-corrected chi connectivity index (χ4v) is 2.52. The molecule has 0 aromatic heterocycles. The van der Waals surface area contributed by atoms with E-state index in [-0.39, 0.29) is 0 Å². The van der Waals surface area contributed by atoms with Crippen molar-refractivity contribution in [2.45, 2.75) is 25.7 Å². The first-order valence-electron chi connectivity index (χ1n) is 7.09. The Kier molecular flexibility index (Phi) is 7.09. The molecule has 102 valence electrons. The van der Waals surface area contributed by atoms with Crippen LogP contribution in [0.5, 0.6) is 0 Å². The zero-order valence-corrected chi connectivity index (χ0v) is 12.3. The van der Waals surface area contributed by atoms with Crippen LogP contribution in [-0.4, -0.2) is 75.6 Å². The zero-order valence-electron chi connectivity index (χ0n) is 12.3. The van der Waals surface area contributed by atoms with Crippen LogP contribution in [0.3, 0.4) is 0 Å². The second kappa shape index (κ2) is 8.06. The highest BCUT2D eigenvalue weighted by Crippen LogP contribution is 2.19. The van der Waals surface area contributed by atoms with Crippen LogP contribution < -0.4 is 0 Å². The van der Waals surface area contributed by atoms with Gasteiger partial charge in [-0.2, -0.15) is 0 Å². The summed E-state index contributed by atoms with van der Waals surface area (Å²) >= 11 is 0. The predicted octanol–water partition coefficient (Wildman–Crippen LogP) is 1.60. The Morgan fingerprint density at radius 3 is 2.24 bits per heavy atom. The summed E-state index contributed by atoms with van der Waals surface area (Å²) in [6, 6.07) is 0. The van der Waals surface area contributed by atoms with Crippen molar-refractivity contribution in [3.8, 4) is 0 Å². The Balaban J connectivity index is 2.01. The van der Waals surface area contributed by atoms with E-state index in [1.165, 1.54) is 58.4 Å². The van der Waals surface area contributed by atoms with Gasteiger partial charge in [0.1, 0.15) is 0 Å². The average molecular weight is 241 g/mol. The second-order valence-corrected chi connectivity index (χ2v) is 6.00. The van der Waals surface area contributed by atoms with E-state index < -0.39 is 0 Å². The van der Waals surface area contributed by atoms with Gasteiger partial charge in [-0.25, -0.2) is 0 Å². The highest BCUT2D eigenvalue weighted by atomic mass is 15.1. The van der Waals surface area contributed by atoms with Gasteiger partial charge in [0, 0.05) is 0 Å². The maximum atomic E-state index is 2.50. The summed E-state index contributed by atoms with van der Waals surface area (Å²) in [7, 11) is 8.81. The standard InChI is InChI=1S/C14H31N3/c1-15(2)9-5-10-16(3)11-6-14-7-12-17(4)13-8-14/h14H,5-13H2,1-4H3. The van der Waals surface area contributed by atoms with Gasteiger partial charge in [0.2, 0.25) is 0 Å². The molecule has 0 aromatic rings. The summed E-state index contributed by atoms with van der Waals surface area (Å²) < 4.78 is 0. The van der Waals surface area contributed by atoms with Crippen molar-refractivity contribution in [3.05, 3.63) is 0 Å². The first-order chi connectivity index (χ1) is 8.08. The van der Waals surface area contributed by atoms with Crippen LogP contribution >= 0.6 is 0 Å². The molecule has 0 unspecified atom stereocenters. The lowest BCUT2D eigenvalue weighted by Crippen LogP contribution is -2.32. The molecule has 1 rings (SSSR count). The molecule has 0 aromatic carbocycles. The largest absolute Gasteiger partial charge is 0.309 e. The smallest absolute Gasteiger partial charge is 0.000960 e. The number of piperidine rings is 1. The topological polar surface area (TPSA) is 9.72 Å². The van der Waals surface area contributed by atoms with E-state index >= 15 is 0 Å².